The Morgan fingerprint density at radius 1 is 1.43 bits per heavy atom. The fraction of sp³-hybridized carbons (Fsp3) is 0.462. The maximum atomic E-state index is 12.4. The predicted octanol–water partition coefficient (Wildman–Crippen LogP) is 2.50. The van der Waals surface area contributed by atoms with Crippen molar-refractivity contribution >= 4 is 43.5 Å². The minimum Gasteiger partial charge on any atom is -0.355 e. The number of hydrogen-bond acceptors (Lipinski definition) is 3. The summed E-state index contributed by atoms with van der Waals surface area (Å²) in [6.07, 6.45) is 0. The number of rotatable bonds is 6. The van der Waals surface area contributed by atoms with Crippen molar-refractivity contribution < 1.29 is 13.2 Å². The minimum absolute atomic E-state index is 0.0814. The van der Waals surface area contributed by atoms with Crippen LogP contribution in [0.15, 0.2) is 27.6 Å². The Morgan fingerprint density at radius 3 is 2.57 bits per heavy atom. The Labute approximate surface area is 138 Å². The quantitative estimate of drug-likeness (QED) is 0.802. The van der Waals surface area contributed by atoms with E-state index in [4.69, 9.17) is 11.6 Å². The van der Waals surface area contributed by atoms with Crippen LogP contribution < -0.4 is 5.32 Å². The molecule has 118 valence electrons. The average Bonchev–Trinajstić information content (AvgIpc) is 2.39. The van der Waals surface area contributed by atoms with E-state index in [0.29, 0.717) is 22.0 Å². The number of halogens is 2. The highest BCUT2D eigenvalue weighted by molar-refractivity contribution is 9.10. The number of carbonyl (C=O) groups is 1. The second-order valence-corrected chi connectivity index (χ2v) is 8.34. The molecule has 0 saturated carbocycles. The molecule has 0 radical (unpaired) electrons. The molecule has 0 aliphatic rings. The standard InChI is InChI=1S/C13H18BrClN2O3S/c1-9(2)7-16-13(18)8-17(3)21(19,20)10-4-5-12(15)11(14)6-10/h4-6,9H,7-8H2,1-3H3,(H,16,18). The summed E-state index contributed by atoms with van der Waals surface area (Å²) < 4.78 is 26.2. The van der Waals surface area contributed by atoms with E-state index in [0.717, 1.165) is 4.31 Å². The van der Waals surface area contributed by atoms with Crippen molar-refractivity contribution in [2.75, 3.05) is 20.1 Å². The number of sulfonamides is 1. The van der Waals surface area contributed by atoms with Gasteiger partial charge in [-0.25, -0.2) is 8.42 Å². The zero-order chi connectivity index (χ0) is 16.2. The number of nitrogens with one attached hydrogen (secondary N) is 1. The van der Waals surface area contributed by atoms with Crippen LogP contribution in [-0.4, -0.2) is 38.8 Å². The van der Waals surface area contributed by atoms with E-state index in [1.807, 2.05) is 13.8 Å². The molecule has 0 spiro atoms. The van der Waals surface area contributed by atoms with Gasteiger partial charge in [0.25, 0.3) is 0 Å². The molecule has 0 unspecified atom stereocenters. The van der Waals surface area contributed by atoms with E-state index in [9.17, 15) is 13.2 Å². The van der Waals surface area contributed by atoms with Crippen LogP contribution in [0.5, 0.6) is 0 Å². The Morgan fingerprint density at radius 2 is 2.05 bits per heavy atom. The average molecular weight is 398 g/mol. The molecule has 1 aromatic carbocycles. The molecule has 0 atom stereocenters. The number of benzene rings is 1. The molecule has 1 rings (SSSR count). The first-order chi connectivity index (χ1) is 9.64. The molecule has 1 N–H and O–H groups in total. The fourth-order valence-electron chi connectivity index (χ4n) is 1.48. The van der Waals surface area contributed by atoms with Gasteiger partial charge in [0.05, 0.1) is 16.5 Å². The van der Waals surface area contributed by atoms with E-state index >= 15 is 0 Å². The first kappa shape index (κ1) is 18.4. The molecular formula is C13H18BrClN2O3S. The van der Waals surface area contributed by atoms with E-state index in [1.165, 1.54) is 25.2 Å². The molecule has 0 aliphatic carbocycles. The summed E-state index contributed by atoms with van der Waals surface area (Å²) in [7, 11) is -2.36. The lowest BCUT2D eigenvalue weighted by atomic mass is 10.2. The van der Waals surface area contributed by atoms with Gasteiger partial charge in [-0.15, -0.1) is 0 Å². The molecule has 8 heteroatoms. The highest BCUT2D eigenvalue weighted by Crippen LogP contribution is 2.26. The molecule has 5 nitrogen and oxygen atoms in total. The van der Waals surface area contributed by atoms with Gasteiger partial charge in [-0.2, -0.15) is 4.31 Å². The normalized spacial score (nSPS) is 12.0. The molecular weight excluding hydrogens is 380 g/mol. The van der Waals surface area contributed by atoms with Crippen molar-refractivity contribution in [1.29, 1.82) is 0 Å². The number of nitrogens with zero attached hydrogens (tertiary/aromatic N) is 1. The summed E-state index contributed by atoms with van der Waals surface area (Å²) >= 11 is 9.03. The summed E-state index contributed by atoms with van der Waals surface area (Å²) in [6, 6.07) is 4.32. The van der Waals surface area contributed by atoms with E-state index < -0.39 is 10.0 Å². The van der Waals surface area contributed by atoms with Crippen LogP contribution in [0, 0.1) is 5.92 Å². The lowest BCUT2D eigenvalue weighted by molar-refractivity contribution is -0.121. The number of likely N-dealkylation sites (N-methyl/N-ethyl adjacent to an activating group) is 1. The van der Waals surface area contributed by atoms with Crippen LogP contribution >= 0.6 is 27.5 Å². The summed E-state index contributed by atoms with van der Waals surface area (Å²) in [5.41, 5.74) is 0. The summed E-state index contributed by atoms with van der Waals surface area (Å²) in [5.74, 6) is -0.0223. The van der Waals surface area contributed by atoms with Gasteiger partial charge in [0.15, 0.2) is 0 Å². The van der Waals surface area contributed by atoms with Crippen molar-refractivity contribution in [1.82, 2.24) is 9.62 Å². The van der Waals surface area contributed by atoms with Gasteiger partial charge in [0.2, 0.25) is 15.9 Å². The first-order valence-corrected chi connectivity index (χ1v) is 8.93. The predicted molar refractivity (Wildman–Crippen MR) is 86.8 cm³/mol. The van der Waals surface area contributed by atoms with Gasteiger partial charge in [0, 0.05) is 18.1 Å². The fourth-order valence-corrected chi connectivity index (χ4v) is 3.28. The largest absolute Gasteiger partial charge is 0.355 e. The van der Waals surface area contributed by atoms with E-state index in [2.05, 4.69) is 21.2 Å². The van der Waals surface area contributed by atoms with Gasteiger partial charge >= 0.3 is 0 Å². The molecule has 0 bridgehead atoms. The maximum Gasteiger partial charge on any atom is 0.243 e. The second-order valence-electron chi connectivity index (χ2n) is 5.03. The van der Waals surface area contributed by atoms with Gasteiger partial charge < -0.3 is 5.32 Å². The van der Waals surface area contributed by atoms with Crippen LogP contribution in [0.4, 0.5) is 0 Å². The SMILES string of the molecule is CC(C)CNC(=O)CN(C)S(=O)(=O)c1ccc(Cl)c(Br)c1. The highest BCUT2D eigenvalue weighted by atomic mass is 79.9. The van der Waals surface area contributed by atoms with Gasteiger partial charge in [-0.05, 0) is 40.0 Å². The van der Waals surface area contributed by atoms with Crippen LogP contribution in [-0.2, 0) is 14.8 Å². The summed E-state index contributed by atoms with van der Waals surface area (Å²) in [4.78, 5) is 11.8. The molecule has 0 fully saturated rings. The molecule has 1 amide bonds. The van der Waals surface area contributed by atoms with Crippen molar-refractivity contribution in [2.24, 2.45) is 5.92 Å². The zero-order valence-corrected chi connectivity index (χ0v) is 15.2. The van der Waals surface area contributed by atoms with Crippen molar-refractivity contribution in [3.05, 3.63) is 27.7 Å². The molecule has 0 aromatic heterocycles. The number of hydrogen-bond donors (Lipinski definition) is 1. The van der Waals surface area contributed by atoms with Crippen molar-refractivity contribution in [3.8, 4) is 0 Å². The van der Waals surface area contributed by atoms with Gasteiger partial charge in [-0.3, -0.25) is 4.79 Å². The molecule has 21 heavy (non-hydrogen) atoms. The third-order valence-electron chi connectivity index (χ3n) is 2.67. The molecule has 0 saturated heterocycles. The summed E-state index contributed by atoms with van der Waals surface area (Å²) in [6.45, 7) is 4.21. The van der Waals surface area contributed by atoms with Crippen LogP contribution in [0.25, 0.3) is 0 Å². The van der Waals surface area contributed by atoms with Gasteiger partial charge in [0.1, 0.15) is 0 Å². The Bertz CT molecular complexity index is 620. The lowest BCUT2D eigenvalue weighted by Crippen LogP contribution is -2.39. The minimum atomic E-state index is -3.73. The molecule has 0 heterocycles. The topological polar surface area (TPSA) is 66.5 Å². The van der Waals surface area contributed by atoms with Crippen LogP contribution in [0.2, 0.25) is 5.02 Å². The molecule has 1 aromatic rings. The lowest BCUT2D eigenvalue weighted by Gasteiger charge is -2.17. The smallest absolute Gasteiger partial charge is 0.243 e. The van der Waals surface area contributed by atoms with Crippen LogP contribution in [0.1, 0.15) is 13.8 Å². The van der Waals surface area contributed by atoms with Crippen LogP contribution in [0.3, 0.4) is 0 Å². The van der Waals surface area contributed by atoms with Gasteiger partial charge in [-0.1, -0.05) is 25.4 Å². The molecule has 0 aliphatic heterocycles. The van der Waals surface area contributed by atoms with Crippen molar-refractivity contribution in [2.45, 2.75) is 18.7 Å². The first-order valence-electron chi connectivity index (χ1n) is 6.32. The van der Waals surface area contributed by atoms with E-state index in [1.54, 1.807) is 0 Å². The van der Waals surface area contributed by atoms with E-state index in [-0.39, 0.29) is 17.3 Å². The number of amides is 1. The summed E-state index contributed by atoms with van der Waals surface area (Å²) in [5, 5.41) is 3.10. The Kier molecular flexibility index (Phi) is 6.65. The monoisotopic (exact) mass is 396 g/mol. The highest BCUT2D eigenvalue weighted by Gasteiger charge is 2.23. The third kappa shape index (κ3) is 5.25. The van der Waals surface area contributed by atoms with Crippen molar-refractivity contribution in [3.63, 3.8) is 0 Å². The Hall–Kier alpha value is -0.630. The maximum absolute atomic E-state index is 12.4. The third-order valence-corrected chi connectivity index (χ3v) is 5.69. The Balaban J connectivity index is 2.82. The zero-order valence-electron chi connectivity index (χ0n) is 12.1. The number of carbonyl (C=O) groups excluding carboxylic acids is 1. The second kappa shape index (κ2) is 7.58.